The van der Waals surface area contributed by atoms with E-state index in [9.17, 15) is 9.90 Å². The molecule has 1 unspecified atom stereocenters. The summed E-state index contributed by atoms with van der Waals surface area (Å²) >= 11 is 0. The number of benzene rings is 2. The van der Waals surface area contributed by atoms with Crippen LogP contribution in [0.3, 0.4) is 0 Å². The molecule has 1 saturated heterocycles. The topological polar surface area (TPSA) is 106 Å². The lowest BCUT2D eigenvalue weighted by Crippen LogP contribution is -2.38. The fourth-order valence-corrected chi connectivity index (χ4v) is 4.24. The molecule has 0 bridgehead atoms. The van der Waals surface area contributed by atoms with Gasteiger partial charge in [-0.1, -0.05) is 18.2 Å². The van der Waals surface area contributed by atoms with Crippen molar-refractivity contribution in [3.8, 4) is 22.8 Å². The van der Waals surface area contributed by atoms with Crippen LogP contribution in [0.2, 0.25) is 0 Å². The molecule has 0 spiro atoms. The van der Waals surface area contributed by atoms with Gasteiger partial charge in [-0.05, 0) is 49.2 Å². The number of piperidine rings is 1. The van der Waals surface area contributed by atoms with Gasteiger partial charge >= 0.3 is 6.09 Å². The molecule has 3 N–H and O–H groups in total. The van der Waals surface area contributed by atoms with Gasteiger partial charge in [0.25, 0.3) is 0 Å². The predicted molar refractivity (Wildman–Crippen MR) is 121 cm³/mol. The summed E-state index contributed by atoms with van der Waals surface area (Å²) in [5.41, 5.74) is 8.59. The first kappa shape index (κ1) is 19.9. The zero-order valence-electron chi connectivity index (χ0n) is 17.4. The van der Waals surface area contributed by atoms with Crippen LogP contribution in [0.4, 0.5) is 10.6 Å². The minimum absolute atomic E-state index is 0.0106. The Labute approximate surface area is 184 Å². The van der Waals surface area contributed by atoms with Gasteiger partial charge < -0.3 is 20.5 Å². The second kappa shape index (κ2) is 8.22. The van der Waals surface area contributed by atoms with E-state index >= 15 is 0 Å². The van der Waals surface area contributed by atoms with Crippen molar-refractivity contribution in [1.82, 2.24) is 19.3 Å². The first-order valence-electron chi connectivity index (χ1n) is 10.5. The average molecular weight is 429 g/mol. The van der Waals surface area contributed by atoms with Gasteiger partial charge in [0.1, 0.15) is 34.4 Å². The summed E-state index contributed by atoms with van der Waals surface area (Å²) in [5.74, 6) is 2.67. The van der Waals surface area contributed by atoms with E-state index in [4.69, 9.17) is 15.5 Å². The summed E-state index contributed by atoms with van der Waals surface area (Å²) < 4.78 is 7.84. The van der Waals surface area contributed by atoms with Crippen molar-refractivity contribution in [1.29, 1.82) is 0 Å². The molecule has 3 heterocycles. The van der Waals surface area contributed by atoms with Gasteiger partial charge in [-0.3, -0.25) is 4.40 Å². The van der Waals surface area contributed by atoms with E-state index in [1.54, 1.807) is 6.20 Å². The summed E-state index contributed by atoms with van der Waals surface area (Å²) in [6.07, 6.45) is 4.25. The second-order valence-corrected chi connectivity index (χ2v) is 7.86. The lowest BCUT2D eigenvalue weighted by atomic mass is 9.97. The summed E-state index contributed by atoms with van der Waals surface area (Å²) in [6, 6.07) is 17.3. The van der Waals surface area contributed by atoms with Crippen LogP contribution in [-0.2, 0) is 0 Å². The van der Waals surface area contributed by atoms with Crippen molar-refractivity contribution in [2.75, 3.05) is 18.8 Å². The minimum atomic E-state index is -0.897. The second-order valence-electron chi connectivity index (χ2n) is 7.86. The standard InChI is InChI=1S/C24H23N5O3/c25-22-21-20(16-8-10-19(11-9-16)32-18-6-2-1-3-7-18)27-23(29(21)14-12-26-22)17-5-4-13-28(15-17)24(30)31/h1-3,6-12,14,17H,4-5,13,15H2,(H2,25,26)(H,30,31). The molecular weight excluding hydrogens is 406 g/mol. The number of carboxylic acid groups (broad SMARTS) is 1. The van der Waals surface area contributed by atoms with Crippen molar-refractivity contribution in [3.63, 3.8) is 0 Å². The van der Waals surface area contributed by atoms with Crippen molar-refractivity contribution in [3.05, 3.63) is 72.8 Å². The highest BCUT2D eigenvalue weighted by molar-refractivity contribution is 5.85. The number of nitrogens with zero attached hydrogens (tertiary/aromatic N) is 4. The number of hydrogen-bond donors (Lipinski definition) is 2. The van der Waals surface area contributed by atoms with Crippen LogP contribution in [0.15, 0.2) is 67.0 Å². The van der Waals surface area contributed by atoms with Gasteiger partial charge in [0.05, 0.1) is 0 Å². The Kier molecular flexibility index (Phi) is 5.10. The van der Waals surface area contributed by atoms with E-state index in [0.717, 1.165) is 46.9 Å². The fourth-order valence-electron chi connectivity index (χ4n) is 4.24. The zero-order chi connectivity index (χ0) is 22.1. The Morgan fingerprint density at radius 2 is 1.84 bits per heavy atom. The molecule has 1 atom stereocenters. The molecule has 1 aliphatic heterocycles. The monoisotopic (exact) mass is 429 g/mol. The van der Waals surface area contributed by atoms with Crippen LogP contribution in [0.25, 0.3) is 16.8 Å². The maximum atomic E-state index is 11.5. The number of nitrogen functional groups attached to an aromatic ring is 1. The third-order valence-electron chi connectivity index (χ3n) is 5.77. The SMILES string of the molecule is Nc1nccn2c(C3CCCN(C(=O)O)C3)nc(-c3ccc(Oc4ccccc4)cc3)c12. The normalized spacial score (nSPS) is 16.2. The molecule has 1 fully saturated rings. The number of ether oxygens (including phenoxy) is 1. The van der Waals surface area contributed by atoms with Gasteiger partial charge in [-0.2, -0.15) is 0 Å². The first-order valence-corrected chi connectivity index (χ1v) is 10.5. The summed E-state index contributed by atoms with van der Waals surface area (Å²) in [7, 11) is 0. The smallest absolute Gasteiger partial charge is 0.407 e. The molecule has 1 aliphatic rings. The van der Waals surface area contributed by atoms with Crippen LogP contribution in [0.1, 0.15) is 24.6 Å². The summed E-state index contributed by atoms with van der Waals surface area (Å²) in [4.78, 5) is 22.1. The third kappa shape index (κ3) is 3.71. The minimum Gasteiger partial charge on any atom is -0.465 e. The number of fused-ring (bicyclic) bond motifs is 1. The Morgan fingerprint density at radius 1 is 1.09 bits per heavy atom. The average Bonchev–Trinajstić information content (AvgIpc) is 3.21. The molecule has 0 radical (unpaired) electrons. The summed E-state index contributed by atoms with van der Waals surface area (Å²) in [6.45, 7) is 0.967. The molecule has 0 saturated carbocycles. The van der Waals surface area contributed by atoms with Gasteiger partial charge in [0, 0.05) is 37.0 Å². The van der Waals surface area contributed by atoms with E-state index in [0.29, 0.717) is 18.9 Å². The van der Waals surface area contributed by atoms with Crippen LogP contribution >= 0.6 is 0 Å². The lowest BCUT2D eigenvalue weighted by molar-refractivity contribution is 0.129. The number of nitrogens with two attached hydrogens (primary N) is 1. The molecule has 32 heavy (non-hydrogen) atoms. The van der Waals surface area contributed by atoms with E-state index in [-0.39, 0.29) is 5.92 Å². The first-order chi connectivity index (χ1) is 15.6. The third-order valence-corrected chi connectivity index (χ3v) is 5.77. The number of imidazole rings is 1. The Hall–Kier alpha value is -4.07. The Bertz CT molecular complexity index is 1250. The number of hydrogen-bond acceptors (Lipinski definition) is 5. The molecule has 5 rings (SSSR count). The highest BCUT2D eigenvalue weighted by Crippen LogP contribution is 2.34. The molecular formula is C24H23N5O3. The number of anilines is 1. The number of carbonyl (C=O) groups is 1. The number of rotatable bonds is 4. The Balaban J connectivity index is 1.51. The number of aromatic nitrogens is 3. The van der Waals surface area contributed by atoms with Crippen LogP contribution in [0.5, 0.6) is 11.5 Å². The Morgan fingerprint density at radius 3 is 2.59 bits per heavy atom. The zero-order valence-corrected chi connectivity index (χ0v) is 17.4. The molecule has 162 valence electrons. The number of para-hydroxylation sites is 1. The van der Waals surface area contributed by atoms with E-state index in [2.05, 4.69) is 4.98 Å². The van der Waals surface area contributed by atoms with E-state index in [1.165, 1.54) is 4.90 Å². The largest absolute Gasteiger partial charge is 0.465 e. The van der Waals surface area contributed by atoms with Crippen LogP contribution in [-0.4, -0.2) is 43.6 Å². The van der Waals surface area contributed by atoms with Crippen molar-refractivity contribution in [2.45, 2.75) is 18.8 Å². The van der Waals surface area contributed by atoms with E-state index < -0.39 is 6.09 Å². The number of likely N-dealkylation sites (tertiary alicyclic amines) is 1. The van der Waals surface area contributed by atoms with Crippen molar-refractivity contribution < 1.29 is 14.6 Å². The highest BCUT2D eigenvalue weighted by atomic mass is 16.5. The van der Waals surface area contributed by atoms with Gasteiger partial charge in [-0.25, -0.2) is 14.8 Å². The van der Waals surface area contributed by atoms with Gasteiger partial charge in [0.2, 0.25) is 0 Å². The number of amides is 1. The maximum absolute atomic E-state index is 11.5. The van der Waals surface area contributed by atoms with Crippen LogP contribution in [0, 0.1) is 0 Å². The van der Waals surface area contributed by atoms with Crippen LogP contribution < -0.4 is 10.5 Å². The van der Waals surface area contributed by atoms with Gasteiger partial charge in [0.15, 0.2) is 0 Å². The molecule has 0 aliphatic carbocycles. The molecule has 8 nitrogen and oxygen atoms in total. The van der Waals surface area contributed by atoms with Crippen molar-refractivity contribution in [2.24, 2.45) is 0 Å². The van der Waals surface area contributed by atoms with E-state index in [1.807, 2.05) is 65.2 Å². The van der Waals surface area contributed by atoms with Gasteiger partial charge in [-0.15, -0.1) is 0 Å². The molecule has 2 aromatic heterocycles. The fraction of sp³-hybridized carbons (Fsp3) is 0.208. The summed E-state index contributed by atoms with van der Waals surface area (Å²) in [5, 5.41) is 9.43. The molecule has 4 aromatic rings. The predicted octanol–water partition coefficient (Wildman–Crippen LogP) is 4.63. The lowest BCUT2D eigenvalue weighted by Gasteiger charge is -2.29. The molecule has 2 aromatic carbocycles. The molecule has 8 heteroatoms. The highest BCUT2D eigenvalue weighted by Gasteiger charge is 2.29. The molecule has 1 amide bonds. The van der Waals surface area contributed by atoms with Crippen molar-refractivity contribution >= 4 is 17.4 Å². The maximum Gasteiger partial charge on any atom is 0.407 e. The quantitative estimate of drug-likeness (QED) is 0.490.